The molecule has 0 aromatic carbocycles. The van der Waals surface area contributed by atoms with Crippen molar-refractivity contribution in [3.63, 3.8) is 0 Å². The van der Waals surface area contributed by atoms with E-state index in [4.69, 9.17) is 0 Å². The quantitative estimate of drug-likeness (QED) is 0.673. The predicted octanol–water partition coefficient (Wildman–Crippen LogP) is 2.43. The Labute approximate surface area is 133 Å². The molecule has 1 N–H and O–H groups in total. The fraction of sp³-hybridized carbons (Fsp3) is 0.438. The highest BCUT2D eigenvalue weighted by Gasteiger charge is 2.49. The number of rotatable bonds is 2. The smallest absolute Gasteiger partial charge is 0.271 e. The molecule has 0 saturated carbocycles. The van der Waals surface area contributed by atoms with Crippen LogP contribution in [0, 0.1) is 18.8 Å². The third-order valence-corrected chi connectivity index (χ3v) is 5.41. The maximum atomic E-state index is 12.4. The second-order valence-electron chi connectivity index (χ2n) is 6.08. The van der Waals surface area contributed by atoms with Crippen LogP contribution in [0.15, 0.2) is 22.6 Å². The van der Waals surface area contributed by atoms with Gasteiger partial charge in [0.15, 0.2) is 0 Å². The number of hydrogen-bond acceptors (Lipinski definition) is 4. The van der Waals surface area contributed by atoms with E-state index in [-0.39, 0.29) is 23.7 Å². The van der Waals surface area contributed by atoms with E-state index < -0.39 is 5.91 Å². The molecule has 1 fully saturated rings. The normalized spacial score (nSPS) is 24.8. The van der Waals surface area contributed by atoms with Gasteiger partial charge in [0.05, 0.1) is 17.4 Å². The highest BCUT2D eigenvalue weighted by Crippen LogP contribution is 2.40. The number of fused-ring (bicyclic) bond motifs is 1. The molecule has 3 amide bonds. The van der Waals surface area contributed by atoms with Crippen molar-refractivity contribution in [1.82, 2.24) is 10.4 Å². The van der Waals surface area contributed by atoms with Gasteiger partial charge in [0.2, 0.25) is 0 Å². The Kier molecular flexibility index (Phi) is 3.64. The second kappa shape index (κ2) is 5.35. The Bertz CT molecular complexity index is 672. The van der Waals surface area contributed by atoms with Gasteiger partial charge in [-0.3, -0.25) is 19.8 Å². The molecule has 3 rings (SSSR count). The summed E-state index contributed by atoms with van der Waals surface area (Å²) in [6.45, 7) is 5.90. The molecule has 116 valence electrons. The molecule has 5 nitrogen and oxygen atoms in total. The molecule has 0 spiro atoms. The largest absolute Gasteiger partial charge is 0.272 e. The van der Waals surface area contributed by atoms with Gasteiger partial charge in [-0.1, -0.05) is 11.1 Å². The zero-order valence-electron chi connectivity index (χ0n) is 12.8. The number of aryl methyl sites for hydroxylation is 1. The number of amides is 3. The minimum Gasteiger partial charge on any atom is -0.272 e. The summed E-state index contributed by atoms with van der Waals surface area (Å²) in [5, 5.41) is 2.65. The van der Waals surface area contributed by atoms with Gasteiger partial charge < -0.3 is 0 Å². The van der Waals surface area contributed by atoms with Crippen molar-refractivity contribution in [2.45, 2.75) is 33.6 Å². The zero-order chi connectivity index (χ0) is 16.0. The number of thiophene rings is 1. The molecule has 1 aliphatic heterocycles. The fourth-order valence-corrected chi connectivity index (χ4v) is 3.77. The zero-order valence-corrected chi connectivity index (χ0v) is 13.6. The summed E-state index contributed by atoms with van der Waals surface area (Å²) in [5.74, 6) is -1.66. The van der Waals surface area contributed by atoms with Crippen molar-refractivity contribution in [2.75, 3.05) is 0 Å². The third-order valence-electron chi connectivity index (χ3n) is 4.55. The molecule has 1 aliphatic carbocycles. The molecule has 2 heterocycles. The van der Waals surface area contributed by atoms with E-state index in [1.54, 1.807) is 11.4 Å². The van der Waals surface area contributed by atoms with E-state index in [1.807, 2.05) is 20.8 Å². The Morgan fingerprint density at radius 1 is 1.14 bits per heavy atom. The number of imide groups is 1. The highest BCUT2D eigenvalue weighted by atomic mass is 32.1. The number of carbonyl (C=O) groups is 3. The van der Waals surface area contributed by atoms with Gasteiger partial charge in [-0.25, -0.2) is 0 Å². The molecule has 2 aliphatic rings. The monoisotopic (exact) mass is 318 g/mol. The molecule has 1 saturated heterocycles. The van der Waals surface area contributed by atoms with Crippen molar-refractivity contribution in [3.05, 3.63) is 33.0 Å². The van der Waals surface area contributed by atoms with Crippen LogP contribution in [0.3, 0.4) is 0 Å². The van der Waals surface area contributed by atoms with Crippen LogP contribution in [0.25, 0.3) is 0 Å². The molecular formula is C16H18N2O3S. The van der Waals surface area contributed by atoms with E-state index in [2.05, 4.69) is 5.43 Å². The lowest BCUT2D eigenvalue weighted by molar-refractivity contribution is -0.142. The van der Waals surface area contributed by atoms with Crippen molar-refractivity contribution >= 4 is 29.1 Å². The summed E-state index contributed by atoms with van der Waals surface area (Å²) >= 11 is 1.46. The van der Waals surface area contributed by atoms with E-state index in [1.165, 1.54) is 22.5 Å². The standard InChI is InChI=1S/C16H18N2O3S/c1-8-4-12-13(5-9(8)2)16(21)18(15(12)20)17-14(19)11-6-10(3)22-7-11/h6-7,12-13H,4-5H2,1-3H3,(H,17,19). The van der Waals surface area contributed by atoms with Gasteiger partial charge in [-0.05, 0) is 39.7 Å². The first-order chi connectivity index (χ1) is 10.4. The second-order valence-corrected chi connectivity index (χ2v) is 7.20. The van der Waals surface area contributed by atoms with Crippen LogP contribution in [-0.4, -0.2) is 22.7 Å². The summed E-state index contributed by atoms with van der Waals surface area (Å²) in [6.07, 6.45) is 1.20. The number of carbonyl (C=O) groups excluding carboxylic acids is 3. The van der Waals surface area contributed by atoms with Crippen LogP contribution >= 0.6 is 11.3 Å². The molecule has 6 heteroatoms. The minimum atomic E-state index is -0.411. The Balaban J connectivity index is 1.78. The maximum absolute atomic E-state index is 12.4. The number of nitrogens with one attached hydrogen (secondary N) is 1. The van der Waals surface area contributed by atoms with Gasteiger partial charge in [0.1, 0.15) is 0 Å². The van der Waals surface area contributed by atoms with Crippen molar-refractivity contribution in [3.8, 4) is 0 Å². The molecule has 0 radical (unpaired) electrons. The Morgan fingerprint density at radius 3 is 2.14 bits per heavy atom. The Morgan fingerprint density at radius 2 is 1.68 bits per heavy atom. The number of hydrazine groups is 1. The maximum Gasteiger partial charge on any atom is 0.271 e. The van der Waals surface area contributed by atoms with Crippen LogP contribution in [0.5, 0.6) is 0 Å². The lowest BCUT2D eigenvalue weighted by Crippen LogP contribution is -2.46. The van der Waals surface area contributed by atoms with Crippen LogP contribution in [0.4, 0.5) is 0 Å². The first-order valence-electron chi connectivity index (χ1n) is 7.27. The van der Waals surface area contributed by atoms with Gasteiger partial charge in [-0.15, -0.1) is 11.3 Å². The van der Waals surface area contributed by atoms with Gasteiger partial charge in [-0.2, -0.15) is 5.01 Å². The van der Waals surface area contributed by atoms with Crippen LogP contribution in [0.1, 0.15) is 41.9 Å². The molecule has 1 aromatic rings. The number of hydrogen-bond donors (Lipinski definition) is 1. The predicted molar refractivity (Wildman–Crippen MR) is 83.0 cm³/mol. The van der Waals surface area contributed by atoms with Gasteiger partial charge in [0, 0.05) is 10.3 Å². The van der Waals surface area contributed by atoms with E-state index in [0.29, 0.717) is 18.4 Å². The number of nitrogens with zero attached hydrogens (tertiary/aromatic N) is 1. The van der Waals surface area contributed by atoms with Crippen molar-refractivity contribution in [1.29, 1.82) is 0 Å². The molecule has 2 unspecified atom stereocenters. The molecule has 22 heavy (non-hydrogen) atoms. The molecule has 2 atom stereocenters. The average Bonchev–Trinajstić information content (AvgIpc) is 2.99. The molecular weight excluding hydrogens is 300 g/mol. The lowest BCUT2D eigenvalue weighted by atomic mass is 9.78. The third kappa shape index (κ3) is 2.37. The highest BCUT2D eigenvalue weighted by molar-refractivity contribution is 7.10. The fourth-order valence-electron chi connectivity index (χ4n) is 3.09. The van der Waals surface area contributed by atoms with E-state index >= 15 is 0 Å². The van der Waals surface area contributed by atoms with Crippen molar-refractivity contribution in [2.24, 2.45) is 11.8 Å². The summed E-state index contributed by atoms with van der Waals surface area (Å²) in [7, 11) is 0. The van der Waals surface area contributed by atoms with Crippen LogP contribution in [-0.2, 0) is 9.59 Å². The number of allylic oxidation sites excluding steroid dienone is 2. The van der Waals surface area contributed by atoms with Gasteiger partial charge >= 0.3 is 0 Å². The summed E-state index contributed by atoms with van der Waals surface area (Å²) < 4.78 is 0. The Hall–Kier alpha value is -1.95. The lowest BCUT2D eigenvalue weighted by Gasteiger charge is -2.23. The van der Waals surface area contributed by atoms with E-state index in [0.717, 1.165) is 9.89 Å². The van der Waals surface area contributed by atoms with Crippen LogP contribution < -0.4 is 5.43 Å². The van der Waals surface area contributed by atoms with Crippen molar-refractivity contribution < 1.29 is 14.4 Å². The molecule has 0 bridgehead atoms. The topological polar surface area (TPSA) is 66.5 Å². The van der Waals surface area contributed by atoms with E-state index in [9.17, 15) is 14.4 Å². The first kappa shape index (κ1) is 15.0. The summed E-state index contributed by atoms with van der Waals surface area (Å²) in [6, 6.07) is 1.74. The van der Waals surface area contributed by atoms with Gasteiger partial charge in [0.25, 0.3) is 17.7 Å². The summed E-state index contributed by atoms with van der Waals surface area (Å²) in [5.41, 5.74) is 5.29. The summed E-state index contributed by atoms with van der Waals surface area (Å²) in [4.78, 5) is 38.1. The average molecular weight is 318 g/mol. The first-order valence-corrected chi connectivity index (χ1v) is 8.15. The van der Waals surface area contributed by atoms with Crippen LogP contribution in [0.2, 0.25) is 0 Å². The molecule has 1 aromatic heterocycles. The SMILES string of the molecule is CC1=C(C)CC2C(=O)N(NC(=O)c3csc(C)c3)C(=O)C2C1. The minimum absolute atomic E-state index is 0.290.